The van der Waals surface area contributed by atoms with Crippen molar-refractivity contribution in [2.24, 2.45) is 5.92 Å². The third kappa shape index (κ3) is 18.0. The van der Waals surface area contributed by atoms with Crippen LogP contribution >= 0.6 is 0 Å². The number of Topliss-reactive ketones (excluding diaryl/α,β-unsaturated/α-hetero) is 1. The lowest BCUT2D eigenvalue weighted by Gasteiger charge is -2.47. The summed E-state index contributed by atoms with van der Waals surface area (Å²) in [5, 5.41) is 9.83. The van der Waals surface area contributed by atoms with Crippen molar-refractivity contribution in [1.82, 2.24) is 26.2 Å². The zero-order valence-electron chi connectivity index (χ0n) is 33.3. The van der Waals surface area contributed by atoms with Crippen LogP contribution in [0, 0.1) is 5.92 Å². The Hall–Kier alpha value is -2.70. The van der Waals surface area contributed by atoms with Crippen LogP contribution in [-0.2, 0) is 29.0 Å². The summed E-state index contributed by atoms with van der Waals surface area (Å²) in [7, 11) is -3.22. The number of nitrogens with zero attached hydrogens (tertiary/aromatic N) is 1. The van der Waals surface area contributed by atoms with E-state index in [4.69, 9.17) is 0 Å². The smallest absolute Gasteiger partial charge is 0.315 e. The lowest BCUT2D eigenvalue weighted by Crippen LogP contribution is -2.65. The molecular formula is C37H73N5O7S. The minimum absolute atomic E-state index is 0.0379. The van der Waals surface area contributed by atoms with Crippen molar-refractivity contribution in [2.75, 3.05) is 25.4 Å². The van der Waals surface area contributed by atoms with Gasteiger partial charge in [-0.2, -0.15) is 0 Å². The molecule has 12 nitrogen and oxygen atoms in total. The number of nitrogens with one attached hydrogen (secondary N) is 4. The van der Waals surface area contributed by atoms with Gasteiger partial charge in [-0.15, -0.1) is 0 Å². The normalized spacial score (nSPS) is 20.6. The highest BCUT2D eigenvalue weighted by atomic mass is 32.2. The highest BCUT2D eigenvalue weighted by Crippen LogP contribution is 2.40. The van der Waals surface area contributed by atoms with Crippen LogP contribution < -0.4 is 21.3 Å². The number of rotatable bonds is 10. The summed E-state index contributed by atoms with van der Waals surface area (Å²) in [5.41, 5.74) is -0.809. The number of ketones is 1. The van der Waals surface area contributed by atoms with Crippen LogP contribution in [0.2, 0.25) is 0 Å². The molecule has 2 unspecified atom stereocenters. The molecular weight excluding hydrogens is 659 g/mol. The van der Waals surface area contributed by atoms with Gasteiger partial charge in [-0.1, -0.05) is 108 Å². The summed E-state index contributed by atoms with van der Waals surface area (Å²) in [6.45, 7) is 22.4. The van der Waals surface area contributed by atoms with Gasteiger partial charge in [0.15, 0.2) is 9.84 Å². The van der Waals surface area contributed by atoms with Crippen LogP contribution in [0.5, 0.6) is 0 Å². The van der Waals surface area contributed by atoms with Crippen molar-refractivity contribution in [2.45, 2.75) is 176 Å². The van der Waals surface area contributed by atoms with E-state index in [2.05, 4.69) is 55.9 Å². The van der Waals surface area contributed by atoms with Crippen molar-refractivity contribution in [3.8, 4) is 0 Å². The highest BCUT2D eigenvalue weighted by molar-refractivity contribution is 7.93. The molecule has 4 fully saturated rings. The first kappa shape index (κ1) is 49.4. The van der Waals surface area contributed by atoms with Crippen LogP contribution in [0.25, 0.3) is 0 Å². The number of amides is 5. The first-order valence-corrected chi connectivity index (χ1v) is 21.2. The van der Waals surface area contributed by atoms with Crippen LogP contribution in [0.3, 0.4) is 0 Å². The van der Waals surface area contributed by atoms with E-state index in [9.17, 15) is 32.4 Å². The van der Waals surface area contributed by atoms with E-state index in [1.54, 1.807) is 0 Å². The number of carbonyl (C=O) groups is 5. The average Bonchev–Trinajstić information content (AvgIpc) is 3.78. The van der Waals surface area contributed by atoms with Gasteiger partial charge in [0.2, 0.25) is 17.6 Å². The summed E-state index contributed by atoms with van der Waals surface area (Å²) in [6, 6.07) is -1.35. The maximum absolute atomic E-state index is 12.8. The second-order valence-electron chi connectivity index (χ2n) is 13.0. The summed E-state index contributed by atoms with van der Waals surface area (Å²) < 4.78 is 24.6. The Morgan fingerprint density at radius 2 is 1.30 bits per heavy atom. The molecule has 0 aromatic rings. The first-order chi connectivity index (χ1) is 23.8. The van der Waals surface area contributed by atoms with E-state index in [0.29, 0.717) is 38.6 Å². The molecule has 2 saturated heterocycles. The maximum Gasteiger partial charge on any atom is 0.315 e. The Balaban J connectivity index is 0. The van der Waals surface area contributed by atoms with Gasteiger partial charge in [0.05, 0.1) is 29.6 Å². The zero-order chi connectivity index (χ0) is 38.9. The fourth-order valence-electron chi connectivity index (χ4n) is 5.48. The number of urea groups is 1. The lowest BCUT2D eigenvalue weighted by molar-refractivity contribution is -0.140. The summed E-state index contributed by atoms with van der Waals surface area (Å²) in [5.74, 6) is -1.47. The molecule has 2 heterocycles. The average molecular weight is 732 g/mol. The minimum atomic E-state index is -3.22. The fraction of sp³-hybridized carbons (Fsp3) is 0.865. The van der Waals surface area contributed by atoms with E-state index in [1.807, 2.05) is 41.5 Å². The molecule has 13 heteroatoms. The number of hydrogen-bond donors (Lipinski definition) is 4. The topological polar surface area (TPSA) is 171 Å². The Labute approximate surface area is 304 Å². The SMILES string of the molecule is CC.CC.CC.CC(C)C.CCCC.O=C(NCC(=O)N1CCCC1C(=O)NCC(=O)C(=O)NC1CC1)NC1(C2CCS2(=O)=O)CCCCC1. The molecule has 294 valence electrons. The molecule has 4 rings (SSSR count). The molecule has 4 N–H and O–H groups in total. The van der Waals surface area contributed by atoms with Crippen LogP contribution in [0.1, 0.15) is 153 Å². The standard InChI is InChI=1S/C23H35N5O7S.2C4H10.3C2H6/c29-17(21(32)26-15-6-7-15)13-24-20(31)16-5-4-11-28(16)19(30)14-25-22(33)27-23(9-2-1-3-10-23)18-8-12-36(18,34)35;1-4(2)3;1-3-4-2;3*1-2/h15-16,18H,1-14H2,(H,24,31)(H,26,32)(H2,25,27,33);4H,1-3H3;3-4H2,1-2H3;3*1-2H3. The largest absolute Gasteiger partial charge is 0.347 e. The second kappa shape index (κ2) is 27.0. The van der Waals surface area contributed by atoms with Crippen LogP contribution in [0.15, 0.2) is 0 Å². The Bertz CT molecular complexity index is 1100. The van der Waals surface area contributed by atoms with E-state index in [0.717, 1.165) is 38.0 Å². The third-order valence-electron chi connectivity index (χ3n) is 8.19. The van der Waals surface area contributed by atoms with Gasteiger partial charge in [0.25, 0.3) is 5.91 Å². The van der Waals surface area contributed by atoms with Gasteiger partial charge >= 0.3 is 6.03 Å². The second-order valence-corrected chi connectivity index (χ2v) is 15.3. The Kier molecular flexibility index (Phi) is 26.7. The van der Waals surface area contributed by atoms with Gasteiger partial charge in [0, 0.05) is 12.6 Å². The fourth-order valence-corrected chi connectivity index (χ4v) is 7.32. The molecule has 2 aliphatic heterocycles. The van der Waals surface area contributed by atoms with E-state index < -0.39 is 62.7 Å². The van der Waals surface area contributed by atoms with Crippen molar-refractivity contribution in [3.63, 3.8) is 0 Å². The summed E-state index contributed by atoms with van der Waals surface area (Å²) >= 11 is 0. The highest BCUT2D eigenvalue weighted by Gasteiger charge is 2.52. The first-order valence-electron chi connectivity index (χ1n) is 19.4. The van der Waals surface area contributed by atoms with Crippen molar-refractivity contribution < 1.29 is 32.4 Å². The van der Waals surface area contributed by atoms with E-state index in [1.165, 1.54) is 17.7 Å². The minimum Gasteiger partial charge on any atom is -0.347 e. The van der Waals surface area contributed by atoms with Crippen molar-refractivity contribution in [3.05, 3.63) is 0 Å². The predicted molar refractivity (Wildman–Crippen MR) is 204 cm³/mol. The third-order valence-corrected chi connectivity index (χ3v) is 10.5. The van der Waals surface area contributed by atoms with Crippen LogP contribution in [0.4, 0.5) is 4.79 Å². The van der Waals surface area contributed by atoms with E-state index >= 15 is 0 Å². The molecule has 2 aliphatic carbocycles. The maximum atomic E-state index is 12.8. The van der Waals surface area contributed by atoms with Gasteiger partial charge in [-0.25, -0.2) is 13.2 Å². The molecule has 50 heavy (non-hydrogen) atoms. The van der Waals surface area contributed by atoms with Crippen LogP contribution in [-0.4, -0.2) is 91.1 Å². The van der Waals surface area contributed by atoms with Gasteiger partial charge in [0.1, 0.15) is 6.04 Å². The molecule has 5 amide bonds. The summed E-state index contributed by atoms with van der Waals surface area (Å²) in [6.07, 6.45) is 9.69. The number of sulfone groups is 1. The molecule has 2 atom stereocenters. The zero-order valence-corrected chi connectivity index (χ0v) is 34.2. The molecule has 0 bridgehead atoms. The predicted octanol–water partition coefficient (Wildman–Crippen LogP) is 5.68. The Morgan fingerprint density at radius 3 is 1.74 bits per heavy atom. The molecule has 0 radical (unpaired) electrons. The number of hydrogen-bond acceptors (Lipinski definition) is 7. The quantitative estimate of drug-likeness (QED) is 0.210. The van der Waals surface area contributed by atoms with E-state index in [-0.39, 0.29) is 18.3 Å². The molecule has 4 aliphatic rings. The lowest BCUT2D eigenvalue weighted by atomic mass is 9.78. The van der Waals surface area contributed by atoms with Crippen molar-refractivity contribution >= 4 is 39.4 Å². The van der Waals surface area contributed by atoms with Gasteiger partial charge in [-0.3, -0.25) is 19.2 Å². The molecule has 0 spiro atoms. The monoisotopic (exact) mass is 732 g/mol. The van der Waals surface area contributed by atoms with Gasteiger partial charge < -0.3 is 26.2 Å². The molecule has 0 aromatic heterocycles. The number of unbranched alkanes of at least 4 members (excludes halogenated alkanes) is 1. The van der Waals surface area contributed by atoms with Crippen molar-refractivity contribution in [1.29, 1.82) is 0 Å². The summed E-state index contributed by atoms with van der Waals surface area (Å²) in [4.78, 5) is 63.1. The molecule has 2 saturated carbocycles. The number of likely N-dealkylation sites (tertiary alicyclic amines) is 1. The molecule has 0 aromatic carbocycles. The Morgan fingerprint density at radius 1 is 0.760 bits per heavy atom. The van der Waals surface area contributed by atoms with Gasteiger partial charge in [-0.05, 0) is 50.9 Å². The number of carbonyl (C=O) groups excluding carboxylic acids is 5.